The van der Waals surface area contributed by atoms with Gasteiger partial charge in [-0.05, 0) is 56.0 Å². The molecule has 0 radical (unpaired) electrons. The number of carbonyl (C=O) groups excluding carboxylic acids is 1. The highest BCUT2D eigenvalue weighted by atomic mass is 16.2. The molecule has 1 fully saturated rings. The monoisotopic (exact) mass is 432 g/mol. The zero-order chi connectivity index (χ0) is 22.8. The predicted molar refractivity (Wildman–Crippen MR) is 124 cm³/mol. The summed E-state index contributed by atoms with van der Waals surface area (Å²) in [4.78, 5) is 43.6. The van der Waals surface area contributed by atoms with Crippen LogP contribution in [0.2, 0.25) is 0 Å². The van der Waals surface area contributed by atoms with Crippen LogP contribution >= 0.6 is 0 Å². The van der Waals surface area contributed by atoms with Crippen molar-refractivity contribution in [2.75, 3.05) is 25.5 Å². The van der Waals surface area contributed by atoms with Crippen molar-refractivity contribution in [3.05, 3.63) is 70.2 Å². The molecule has 4 rings (SSSR count). The number of aromatic nitrogens is 4. The molecule has 1 saturated heterocycles. The molecule has 166 valence electrons. The van der Waals surface area contributed by atoms with Crippen LogP contribution in [0.1, 0.15) is 47.1 Å². The van der Waals surface area contributed by atoms with Crippen LogP contribution in [0.15, 0.2) is 47.7 Å². The van der Waals surface area contributed by atoms with E-state index in [2.05, 4.69) is 9.97 Å². The lowest BCUT2D eigenvalue weighted by molar-refractivity contribution is 0.0604. The second-order valence-corrected chi connectivity index (χ2v) is 8.36. The standard InChI is InChI=1S/C24H28N6O2/c1-16-8-9-18(22(31)29(16)4)23(32)30-14-6-5-7-20(30)21-19(17-10-12-25-13-11-17)15-26-24(27-21)28(2)3/h8-13,15,20H,5-7,14H2,1-4H3. The second kappa shape index (κ2) is 8.90. The first kappa shape index (κ1) is 21.7. The number of anilines is 1. The summed E-state index contributed by atoms with van der Waals surface area (Å²) in [6.45, 7) is 2.43. The molecule has 0 aliphatic carbocycles. The molecule has 1 amide bonds. The average Bonchev–Trinajstić information content (AvgIpc) is 2.82. The van der Waals surface area contributed by atoms with E-state index >= 15 is 0 Å². The van der Waals surface area contributed by atoms with Crippen molar-refractivity contribution in [3.63, 3.8) is 0 Å². The highest BCUT2D eigenvalue weighted by Gasteiger charge is 2.33. The van der Waals surface area contributed by atoms with Crippen molar-refractivity contribution in [1.82, 2.24) is 24.4 Å². The van der Waals surface area contributed by atoms with E-state index in [9.17, 15) is 9.59 Å². The smallest absolute Gasteiger partial charge is 0.263 e. The molecule has 8 nitrogen and oxygen atoms in total. The third kappa shape index (κ3) is 4.00. The fourth-order valence-corrected chi connectivity index (χ4v) is 4.11. The van der Waals surface area contributed by atoms with Crippen molar-refractivity contribution in [2.24, 2.45) is 7.05 Å². The van der Waals surface area contributed by atoms with Crippen LogP contribution in [0, 0.1) is 6.92 Å². The van der Waals surface area contributed by atoms with Crippen LogP contribution in [0.25, 0.3) is 11.1 Å². The molecule has 0 aromatic carbocycles. The first-order valence-corrected chi connectivity index (χ1v) is 10.8. The third-order valence-corrected chi connectivity index (χ3v) is 6.06. The van der Waals surface area contributed by atoms with Gasteiger partial charge in [-0.15, -0.1) is 0 Å². The number of amides is 1. The van der Waals surface area contributed by atoms with Crippen LogP contribution in [0.5, 0.6) is 0 Å². The summed E-state index contributed by atoms with van der Waals surface area (Å²) < 4.78 is 1.52. The van der Waals surface area contributed by atoms with Crippen LogP contribution in [-0.4, -0.2) is 51.0 Å². The lowest BCUT2D eigenvalue weighted by atomic mass is 9.93. The van der Waals surface area contributed by atoms with E-state index in [0.717, 1.165) is 41.8 Å². The molecule has 0 N–H and O–H groups in total. The second-order valence-electron chi connectivity index (χ2n) is 8.36. The number of rotatable bonds is 4. The summed E-state index contributed by atoms with van der Waals surface area (Å²) in [6.07, 6.45) is 7.94. The number of piperidine rings is 1. The Morgan fingerprint density at radius 3 is 2.59 bits per heavy atom. The van der Waals surface area contributed by atoms with Gasteiger partial charge in [-0.1, -0.05) is 0 Å². The van der Waals surface area contributed by atoms with E-state index < -0.39 is 0 Å². The van der Waals surface area contributed by atoms with Gasteiger partial charge >= 0.3 is 0 Å². The predicted octanol–water partition coefficient (Wildman–Crippen LogP) is 2.98. The van der Waals surface area contributed by atoms with Gasteiger partial charge in [0.1, 0.15) is 5.56 Å². The summed E-state index contributed by atoms with van der Waals surface area (Å²) in [7, 11) is 5.48. The maximum Gasteiger partial charge on any atom is 0.263 e. The summed E-state index contributed by atoms with van der Waals surface area (Å²) >= 11 is 0. The van der Waals surface area contributed by atoms with Gasteiger partial charge in [0.25, 0.3) is 11.5 Å². The first-order valence-electron chi connectivity index (χ1n) is 10.8. The quantitative estimate of drug-likeness (QED) is 0.630. The lowest BCUT2D eigenvalue weighted by Gasteiger charge is -2.36. The SMILES string of the molecule is Cc1ccc(C(=O)N2CCCCC2c2nc(N(C)C)ncc2-c2ccncc2)c(=O)n1C. The number of hydrogen-bond acceptors (Lipinski definition) is 6. The van der Waals surface area contributed by atoms with Gasteiger partial charge in [0.2, 0.25) is 5.95 Å². The fourth-order valence-electron chi connectivity index (χ4n) is 4.11. The van der Waals surface area contributed by atoms with Gasteiger partial charge in [-0.3, -0.25) is 14.6 Å². The summed E-state index contributed by atoms with van der Waals surface area (Å²) in [5, 5.41) is 0. The minimum absolute atomic E-state index is 0.192. The van der Waals surface area contributed by atoms with Crippen molar-refractivity contribution in [2.45, 2.75) is 32.2 Å². The van der Waals surface area contributed by atoms with Gasteiger partial charge in [0.05, 0.1) is 11.7 Å². The highest BCUT2D eigenvalue weighted by Crippen LogP contribution is 2.36. The molecule has 1 aliphatic heterocycles. The van der Waals surface area contributed by atoms with Crippen LogP contribution < -0.4 is 10.5 Å². The largest absolute Gasteiger partial charge is 0.347 e. The summed E-state index contributed by atoms with van der Waals surface area (Å²) in [5.41, 5.74) is 3.35. The molecule has 32 heavy (non-hydrogen) atoms. The molecule has 0 spiro atoms. The van der Waals surface area contributed by atoms with E-state index in [1.807, 2.05) is 55.2 Å². The number of carbonyl (C=O) groups is 1. The highest BCUT2D eigenvalue weighted by molar-refractivity contribution is 5.94. The van der Waals surface area contributed by atoms with Gasteiger partial charge in [-0.2, -0.15) is 0 Å². The molecular formula is C24H28N6O2. The minimum Gasteiger partial charge on any atom is -0.347 e. The number of hydrogen-bond donors (Lipinski definition) is 0. The third-order valence-electron chi connectivity index (χ3n) is 6.06. The van der Waals surface area contributed by atoms with Crippen molar-refractivity contribution in [1.29, 1.82) is 0 Å². The molecular weight excluding hydrogens is 404 g/mol. The zero-order valence-electron chi connectivity index (χ0n) is 18.9. The van der Waals surface area contributed by atoms with Crippen LogP contribution in [0.3, 0.4) is 0 Å². The molecule has 0 bridgehead atoms. The van der Waals surface area contributed by atoms with Crippen LogP contribution in [-0.2, 0) is 7.05 Å². The Balaban J connectivity index is 1.82. The molecule has 8 heteroatoms. The Morgan fingerprint density at radius 2 is 1.88 bits per heavy atom. The Hall–Kier alpha value is -3.55. The molecule has 4 heterocycles. The minimum atomic E-state index is -0.273. The van der Waals surface area contributed by atoms with Gasteiger partial charge in [0, 0.05) is 57.5 Å². The van der Waals surface area contributed by atoms with Gasteiger partial charge < -0.3 is 14.4 Å². The lowest BCUT2D eigenvalue weighted by Crippen LogP contribution is -2.42. The van der Waals surface area contributed by atoms with Gasteiger partial charge in [0.15, 0.2) is 0 Å². The Bertz CT molecular complexity index is 1190. The maximum absolute atomic E-state index is 13.6. The number of likely N-dealkylation sites (tertiary alicyclic amines) is 1. The fraction of sp³-hybridized carbons (Fsp3) is 0.375. The molecule has 0 saturated carbocycles. The Labute approximate surface area is 187 Å². The average molecular weight is 433 g/mol. The van der Waals surface area contributed by atoms with E-state index in [1.54, 1.807) is 25.5 Å². The Morgan fingerprint density at radius 1 is 1.12 bits per heavy atom. The molecule has 3 aromatic heterocycles. The summed E-state index contributed by atoms with van der Waals surface area (Å²) in [5.74, 6) is 0.336. The van der Waals surface area contributed by atoms with E-state index in [-0.39, 0.29) is 23.1 Å². The van der Waals surface area contributed by atoms with E-state index in [4.69, 9.17) is 4.98 Å². The van der Waals surface area contributed by atoms with E-state index in [1.165, 1.54) is 4.57 Å². The molecule has 1 aliphatic rings. The molecule has 1 atom stereocenters. The first-order chi connectivity index (χ1) is 15.4. The Kier molecular flexibility index (Phi) is 6.03. The van der Waals surface area contributed by atoms with Gasteiger partial charge in [-0.25, -0.2) is 9.97 Å². The zero-order valence-corrected chi connectivity index (χ0v) is 18.9. The summed E-state index contributed by atoms with van der Waals surface area (Å²) in [6, 6.07) is 7.04. The van der Waals surface area contributed by atoms with E-state index in [0.29, 0.717) is 12.5 Å². The van der Waals surface area contributed by atoms with Crippen molar-refractivity contribution in [3.8, 4) is 11.1 Å². The van der Waals surface area contributed by atoms with Crippen molar-refractivity contribution >= 4 is 11.9 Å². The number of aryl methyl sites for hydroxylation is 1. The normalized spacial score (nSPS) is 16.1. The van der Waals surface area contributed by atoms with Crippen LogP contribution in [0.4, 0.5) is 5.95 Å². The number of pyridine rings is 2. The van der Waals surface area contributed by atoms with Crippen molar-refractivity contribution < 1.29 is 4.79 Å². The topological polar surface area (TPSA) is 84.2 Å². The molecule has 3 aromatic rings. The molecule has 1 unspecified atom stereocenters. The number of nitrogens with zero attached hydrogens (tertiary/aromatic N) is 6. The maximum atomic E-state index is 13.6.